The molecule has 0 aliphatic rings. The third-order valence-corrected chi connectivity index (χ3v) is 3.45. The SMILES string of the molecule is C=CCNC(=O)c1ccc(C(=O)NCCc2ccccc2F)cc1. The van der Waals surface area contributed by atoms with Crippen molar-refractivity contribution in [1.82, 2.24) is 10.6 Å². The van der Waals surface area contributed by atoms with Crippen molar-refractivity contribution < 1.29 is 14.0 Å². The fourth-order valence-corrected chi connectivity index (χ4v) is 2.15. The Kier molecular flexibility index (Phi) is 6.25. The first kappa shape index (κ1) is 17.4. The molecule has 2 amide bonds. The highest BCUT2D eigenvalue weighted by Crippen LogP contribution is 2.07. The van der Waals surface area contributed by atoms with Gasteiger partial charge >= 0.3 is 0 Å². The van der Waals surface area contributed by atoms with Crippen LogP contribution in [0.1, 0.15) is 26.3 Å². The largest absolute Gasteiger partial charge is 0.352 e. The van der Waals surface area contributed by atoms with E-state index in [4.69, 9.17) is 0 Å². The van der Waals surface area contributed by atoms with Crippen molar-refractivity contribution in [3.63, 3.8) is 0 Å². The van der Waals surface area contributed by atoms with Crippen LogP contribution in [0.15, 0.2) is 61.2 Å². The highest BCUT2D eigenvalue weighted by atomic mass is 19.1. The third-order valence-electron chi connectivity index (χ3n) is 3.45. The number of benzene rings is 2. The third kappa shape index (κ3) is 4.78. The Morgan fingerprint density at radius 3 is 2.12 bits per heavy atom. The second-order valence-corrected chi connectivity index (χ2v) is 5.17. The lowest BCUT2D eigenvalue weighted by molar-refractivity contribution is 0.0944. The molecule has 0 aromatic heterocycles. The molecule has 124 valence electrons. The minimum Gasteiger partial charge on any atom is -0.352 e. The maximum atomic E-state index is 13.5. The number of hydrogen-bond acceptors (Lipinski definition) is 2. The fraction of sp³-hybridized carbons (Fsp3) is 0.158. The van der Waals surface area contributed by atoms with Crippen LogP contribution in [0.5, 0.6) is 0 Å². The molecule has 0 radical (unpaired) electrons. The van der Waals surface area contributed by atoms with E-state index < -0.39 is 0 Å². The first-order chi connectivity index (χ1) is 11.6. The van der Waals surface area contributed by atoms with Crippen LogP contribution in [0.25, 0.3) is 0 Å². The lowest BCUT2D eigenvalue weighted by Crippen LogP contribution is -2.26. The van der Waals surface area contributed by atoms with E-state index in [1.807, 2.05) is 0 Å². The van der Waals surface area contributed by atoms with Crippen LogP contribution in [0.2, 0.25) is 0 Å². The van der Waals surface area contributed by atoms with Crippen molar-refractivity contribution >= 4 is 11.8 Å². The number of nitrogens with one attached hydrogen (secondary N) is 2. The van der Waals surface area contributed by atoms with E-state index in [-0.39, 0.29) is 17.6 Å². The molecule has 0 unspecified atom stereocenters. The first-order valence-electron chi connectivity index (χ1n) is 7.62. The lowest BCUT2D eigenvalue weighted by atomic mass is 10.1. The van der Waals surface area contributed by atoms with Crippen LogP contribution in [0, 0.1) is 5.82 Å². The summed E-state index contributed by atoms with van der Waals surface area (Å²) in [4.78, 5) is 23.8. The van der Waals surface area contributed by atoms with E-state index in [2.05, 4.69) is 17.2 Å². The number of hydrogen-bond donors (Lipinski definition) is 2. The molecule has 0 fully saturated rings. The summed E-state index contributed by atoms with van der Waals surface area (Å²) in [5, 5.41) is 5.40. The number of halogens is 1. The van der Waals surface area contributed by atoms with Gasteiger partial charge in [-0.05, 0) is 42.3 Å². The molecule has 2 aromatic carbocycles. The molecule has 4 nitrogen and oxygen atoms in total. The molecule has 2 N–H and O–H groups in total. The van der Waals surface area contributed by atoms with Crippen LogP contribution in [-0.4, -0.2) is 24.9 Å². The van der Waals surface area contributed by atoms with Gasteiger partial charge in [0.2, 0.25) is 0 Å². The Hall–Kier alpha value is -2.95. The summed E-state index contributed by atoms with van der Waals surface area (Å²) in [6, 6.07) is 12.8. The van der Waals surface area contributed by atoms with Crippen molar-refractivity contribution in [3.8, 4) is 0 Å². The van der Waals surface area contributed by atoms with Gasteiger partial charge in [0.15, 0.2) is 0 Å². The standard InChI is InChI=1S/C19H19FN2O2/c1-2-12-21-18(23)15-7-9-16(10-8-15)19(24)22-13-11-14-5-3-4-6-17(14)20/h2-10H,1,11-13H2,(H,21,23)(H,22,24). The summed E-state index contributed by atoms with van der Waals surface area (Å²) in [6.07, 6.45) is 2.01. The van der Waals surface area contributed by atoms with Crippen LogP contribution in [-0.2, 0) is 6.42 Å². The summed E-state index contributed by atoms with van der Waals surface area (Å²) in [5.74, 6) is -0.757. The normalized spacial score (nSPS) is 10.0. The van der Waals surface area contributed by atoms with Gasteiger partial charge in [-0.25, -0.2) is 4.39 Å². The predicted octanol–water partition coefficient (Wildman–Crippen LogP) is 2.71. The highest BCUT2D eigenvalue weighted by molar-refractivity contribution is 5.97. The molecular weight excluding hydrogens is 307 g/mol. The summed E-state index contributed by atoms with van der Waals surface area (Å²) in [6.45, 7) is 4.25. The van der Waals surface area contributed by atoms with Crippen LogP contribution in [0.4, 0.5) is 4.39 Å². The Balaban J connectivity index is 1.87. The molecule has 0 saturated heterocycles. The first-order valence-corrected chi connectivity index (χ1v) is 7.62. The number of rotatable bonds is 7. The van der Waals surface area contributed by atoms with E-state index >= 15 is 0 Å². The van der Waals surface area contributed by atoms with E-state index in [0.717, 1.165) is 0 Å². The van der Waals surface area contributed by atoms with Crippen molar-refractivity contribution in [2.75, 3.05) is 13.1 Å². The second-order valence-electron chi connectivity index (χ2n) is 5.17. The number of carbonyl (C=O) groups is 2. The van der Waals surface area contributed by atoms with Gasteiger partial charge in [0.25, 0.3) is 11.8 Å². The van der Waals surface area contributed by atoms with Gasteiger partial charge in [-0.15, -0.1) is 6.58 Å². The van der Waals surface area contributed by atoms with Crippen molar-refractivity contribution in [1.29, 1.82) is 0 Å². The van der Waals surface area contributed by atoms with Gasteiger partial charge in [0.1, 0.15) is 5.82 Å². The van der Waals surface area contributed by atoms with E-state index in [1.165, 1.54) is 6.07 Å². The molecule has 0 spiro atoms. The zero-order valence-electron chi connectivity index (χ0n) is 13.2. The minimum absolute atomic E-state index is 0.221. The minimum atomic E-state index is -0.276. The Bertz CT molecular complexity index is 726. The Labute approximate surface area is 140 Å². The molecule has 0 aliphatic heterocycles. The van der Waals surface area contributed by atoms with Crippen LogP contribution >= 0.6 is 0 Å². The molecule has 0 heterocycles. The highest BCUT2D eigenvalue weighted by Gasteiger charge is 2.08. The van der Waals surface area contributed by atoms with Gasteiger partial charge in [-0.1, -0.05) is 24.3 Å². The van der Waals surface area contributed by atoms with Crippen molar-refractivity contribution in [3.05, 3.63) is 83.7 Å². The smallest absolute Gasteiger partial charge is 0.251 e. The maximum Gasteiger partial charge on any atom is 0.251 e. The lowest BCUT2D eigenvalue weighted by Gasteiger charge is -2.07. The van der Waals surface area contributed by atoms with E-state index in [0.29, 0.717) is 36.2 Å². The zero-order chi connectivity index (χ0) is 17.4. The molecule has 0 atom stereocenters. The molecule has 2 aromatic rings. The fourth-order valence-electron chi connectivity index (χ4n) is 2.15. The van der Waals surface area contributed by atoms with E-state index in [1.54, 1.807) is 48.5 Å². The van der Waals surface area contributed by atoms with Gasteiger partial charge < -0.3 is 10.6 Å². The molecule has 0 saturated carbocycles. The summed E-state index contributed by atoms with van der Waals surface area (Å²) in [7, 11) is 0. The molecule has 2 rings (SSSR count). The molecule has 0 aliphatic carbocycles. The Morgan fingerprint density at radius 1 is 0.958 bits per heavy atom. The van der Waals surface area contributed by atoms with Crippen LogP contribution < -0.4 is 10.6 Å². The molecular formula is C19H19FN2O2. The average molecular weight is 326 g/mol. The molecule has 5 heteroatoms. The van der Waals surface area contributed by atoms with Crippen LogP contribution in [0.3, 0.4) is 0 Å². The average Bonchev–Trinajstić information content (AvgIpc) is 2.61. The zero-order valence-corrected chi connectivity index (χ0v) is 13.2. The summed E-state index contributed by atoms with van der Waals surface area (Å²) < 4.78 is 13.5. The number of carbonyl (C=O) groups excluding carboxylic acids is 2. The van der Waals surface area contributed by atoms with Crippen molar-refractivity contribution in [2.24, 2.45) is 0 Å². The predicted molar refractivity (Wildman–Crippen MR) is 91.4 cm³/mol. The summed E-state index contributed by atoms with van der Waals surface area (Å²) in [5.41, 5.74) is 1.48. The van der Waals surface area contributed by atoms with Gasteiger partial charge in [-0.3, -0.25) is 9.59 Å². The van der Waals surface area contributed by atoms with E-state index in [9.17, 15) is 14.0 Å². The van der Waals surface area contributed by atoms with Crippen molar-refractivity contribution in [2.45, 2.75) is 6.42 Å². The Morgan fingerprint density at radius 2 is 1.54 bits per heavy atom. The monoisotopic (exact) mass is 326 g/mol. The topological polar surface area (TPSA) is 58.2 Å². The van der Waals surface area contributed by atoms with Gasteiger partial charge in [-0.2, -0.15) is 0 Å². The maximum absolute atomic E-state index is 13.5. The quantitative estimate of drug-likeness (QED) is 0.769. The second kappa shape index (κ2) is 8.62. The number of amides is 2. The van der Waals surface area contributed by atoms with Gasteiger partial charge in [0.05, 0.1) is 0 Å². The molecule has 24 heavy (non-hydrogen) atoms. The molecule has 0 bridgehead atoms. The van der Waals surface area contributed by atoms with Gasteiger partial charge in [0, 0.05) is 24.2 Å². The summed E-state index contributed by atoms with van der Waals surface area (Å²) >= 11 is 0.